The second kappa shape index (κ2) is 3.50. The minimum atomic E-state index is -0.600. The Labute approximate surface area is 84.0 Å². The molecule has 0 aliphatic heterocycles. The summed E-state index contributed by atoms with van der Waals surface area (Å²) in [6.45, 7) is 0. The summed E-state index contributed by atoms with van der Waals surface area (Å²) in [5.41, 5.74) is 0.234. The smallest absolute Gasteiger partial charge is 0.166 e. The van der Waals surface area contributed by atoms with Gasteiger partial charge in [0, 0.05) is 5.56 Å². The van der Waals surface area contributed by atoms with Crippen molar-refractivity contribution in [2.75, 3.05) is 0 Å². The van der Waals surface area contributed by atoms with E-state index < -0.39 is 11.6 Å². The van der Waals surface area contributed by atoms with Gasteiger partial charge in [-0.05, 0) is 18.2 Å². The standard InChI is InChI=1S/C10H5F2N3/c11-6-1-2-8(12)7(3-6)10-9(4-13)14-5-15-10/h1-3,5H,(H,14,15). The molecule has 74 valence electrons. The maximum absolute atomic E-state index is 13.3. The van der Waals surface area contributed by atoms with E-state index in [1.54, 1.807) is 6.07 Å². The first kappa shape index (κ1) is 9.34. The van der Waals surface area contributed by atoms with Crippen molar-refractivity contribution in [2.24, 2.45) is 0 Å². The van der Waals surface area contributed by atoms with Gasteiger partial charge in [0.2, 0.25) is 0 Å². The topological polar surface area (TPSA) is 52.5 Å². The van der Waals surface area contributed by atoms with E-state index in [0.29, 0.717) is 0 Å². The molecule has 0 unspecified atom stereocenters. The number of hydrogen-bond acceptors (Lipinski definition) is 2. The number of nitrogens with one attached hydrogen (secondary N) is 1. The summed E-state index contributed by atoms with van der Waals surface area (Å²) < 4.78 is 26.2. The average Bonchev–Trinajstić information content (AvgIpc) is 2.69. The lowest BCUT2D eigenvalue weighted by molar-refractivity contribution is 0.602. The van der Waals surface area contributed by atoms with Crippen LogP contribution in [0.15, 0.2) is 24.5 Å². The fraction of sp³-hybridized carbons (Fsp3) is 0. The highest BCUT2D eigenvalue weighted by atomic mass is 19.1. The number of hydrogen-bond donors (Lipinski definition) is 1. The van der Waals surface area contributed by atoms with Crippen molar-refractivity contribution in [3.05, 3.63) is 41.9 Å². The average molecular weight is 205 g/mol. The molecule has 1 heterocycles. The third-order valence-electron chi connectivity index (χ3n) is 1.94. The SMILES string of the molecule is N#Cc1nc[nH]c1-c1cc(F)ccc1F. The quantitative estimate of drug-likeness (QED) is 0.776. The first-order valence-electron chi connectivity index (χ1n) is 4.11. The van der Waals surface area contributed by atoms with Crippen LogP contribution < -0.4 is 0 Å². The van der Waals surface area contributed by atoms with Crippen LogP contribution in [0.2, 0.25) is 0 Å². The molecule has 2 rings (SSSR count). The zero-order valence-electron chi connectivity index (χ0n) is 7.46. The van der Waals surface area contributed by atoms with Crippen molar-refractivity contribution >= 4 is 0 Å². The summed E-state index contributed by atoms with van der Waals surface area (Å²) >= 11 is 0. The molecule has 1 aromatic heterocycles. The van der Waals surface area contributed by atoms with Crippen LogP contribution in [0, 0.1) is 23.0 Å². The molecule has 2 aromatic rings. The summed E-state index contributed by atoms with van der Waals surface area (Å²) in [4.78, 5) is 6.28. The number of rotatable bonds is 1. The minimum absolute atomic E-state index is 0.00375. The van der Waals surface area contributed by atoms with Gasteiger partial charge in [0.05, 0.1) is 12.0 Å². The third-order valence-corrected chi connectivity index (χ3v) is 1.94. The number of aromatic amines is 1. The van der Waals surface area contributed by atoms with Crippen molar-refractivity contribution in [1.29, 1.82) is 5.26 Å². The van der Waals surface area contributed by atoms with Gasteiger partial charge in [-0.2, -0.15) is 5.26 Å². The van der Waals surface area contributed by atoms with Gasteiger partial charge in [-0.1, -0.05) is 0 Å². The van der Waals surface area contributed by atoms with Crippen molar-refractivity contribution in [1.82, 2.24) is 9.97 Å². The summed E-state index contributed by atoms with van der Waals surface area (Å²) in [6.07, 6.45) is 1.26. The Morgan fingerprint density at radius 1 is 1.33 bits per heavy atom. The van der Waals surface area contributed by atoms with E-state index >= 15 is 0 Å². The molecule has 0 aliphatic carbocycles. The highest BCUT2D eigenvalue weighted by Gasteiger charge is 2.12. The Morgan fingerprint density at radius 2 is 2.13 bits per heavy atom. The molecule has 0 radical (unpaired) electrons. The predicted molar refractivity (Wildman–Crippen MR) is 48.7 cm³/mol. The molecule has 0 saturated heterocycles. The van der Waals surface area contributed by atoms with Crippen LogP contribution in [-0.4, -0.2) is 9.97 Å². The van der Waals surface area contributed by atoms with Crippen molar-refractivity contribution in [2.45, 2.75) is 0 Å². The first-order chi connectivity index (χ1) is 7.22. The number of nitriles is 1. The van der Waals surface area contributed by atoms with Gasteiger partial charge in [0.1, 0.15) is 17.7 Å². The van der Waals surface area contributed by atoms with Gasteiger partial charge in [-0.25, -0.2) is 13.8 Å². The van der Waals surface area contributed by atoms with Gasteiger partial charge < -0.3 is 4.98 Å². The largest absolute Gasteiger partial charge is 0.343 e. The number of benzene rings is 1. The summed E-state index contributed by atoms with van der Waals surface area (Å²) in [5, 5.41) is 8.68. The van der Waals surface area contributed by atoms with E-state index in [-0.39, 0.29) is 17.0 Å². The molecule has 0 bridgehead atoms. The van der Waals surface area contributed by atoms with Crippen LogP contribution in [0.25, 0.3) is 11.3 Å². The normalized spacial score (nSPS) is 9.93. The molecule has 0 amide bonds. The van der Waals surface area contributed by atoms with E-state index in [1.807, 2.05) is 0 Å². The highest BCUT2D eigenvalue weighted by Crippen LogP contribution is 2.23. The molecule has 15 heavy (non-hydrogen) atoms. The molecule has 0 fully saturated rings. The van der Waals surface area contributed by atoms with Crippen LogP contribution >= 0.6 is 0 Å². The second-order valence-corrected chi connectivity index (χ2v) is 2.86. The Balaban J connectivity index is 2.64. The molecule has 1 aromatic carbocycles. The first-order valence-corrected chi connectivity index (χ1v) is 4.11. The van der Waals surface area contributed by atoms with Crippen molar-refractivity contribution in [3.63, 3.8) is 0 Å². The van der Waals surface area contributed by atoms with Gasteiger partial charge in [0.25, 0.3) is 0 Å². The molecule has 3 nitrogen and oxygen atoms in total. The van der Waals surface area contributed by atoms with E-state index in [9.17, 15) is 8.78 Å². The Kier molecular flexibility index (Phi) is 2.18. The zero-order chi connectivity index (χ0) is 10.8. The third kappa shape index (κ3) is 1.57. The fourth-order valence-electron chi connectivity index (χ4n) is 1.27. The number of H-pyrrole nitrogens is 1. The van der Waals surface area contributed by atoms with Crippen LogP contribution in [0.4, 0.5) is 8.78 Å². The Morgan fingerprint density at radius 3 is 2.87 bits per heavy atom. The Hall–Kier alpha value is -2.22. The lowest BCUT2D eigenvalue weighted by Gasteiger charge is -2.00. The van der Waals surface area contributed by atoms with Gasteiger partial charge >= 0.3 is 0 Å². The van der Waals surface area contributed by atoms with E-state index in [0.717, 1.165) is 18.2 Å². The molecule has 0 saturated carbocycles. The molecule has 0 spiro atoms. The van der Waals surface area contributed by atoms with Gasteiger partial charge in [0.15, 0.2) is 5.69 Å². The lowest BCUT2D eigenvalue weighted by Crippen LogP contribution is -1.89. The van der Waals surface area contributed by atoms with E-state index in [1.165, 1.54) is 6.33 Å². The fourth-order valence-corrected chi connectivity index (χ4v) is 1.27. The molecule has 1 N–H and O–H groups in total. The second-order valence-electron chi connectivity index (χ2n) is 2.86. The highest BCUT2D eigenvalue weighted by molar-refractivity contribution is 5.65. The van der Waals surface area contributed by atoms with Crippen LogP contribution in [0.5, 0.6) is 0 Å². The Bertz CT molecular complexity index is 540. The molecule has 5 heteroatoms. The number of halogens is 2. The zero-order valence-corrected chi connectivity index (χ0v) is 7.46. The van der Waals surface area contributed by atoms with Crippen molar-refractivity contribution < 1.29 is 8.78 Å². The monoisotopic (exact) mass is 205 g/mol. The number of aromatic nitrogens is 2. The summed E-state index contributed by atoms with van der Waals surface area (Å²) in [7, 11) is 0. The van der Waals surface area contributed by atoms with Gasteiger partial charge in [-0.3, -0.25) is 0 Å². The van der Waals surface area contributed by atoms with Crippen LogP contribution in [0.1, 0.15) is 5.69 Å². The minimum Gasteiger partial charge on any atom is -0.343 e. The molecule has 0 aliphatic rings. The molecular formula is C10H5F2N3. The number of nitrogens with zero attached hydrogens (tertiary/aromatic N) is 2. The van der Waals surface area contributed by atoms with Crippen LogP contribution in [-0.2, 0) is 0 Å². The predicted octanol–water partition coefficient (Wildman–Crippen LogP) is 2.23. The molecule has 0 atom stereocenters. The maximum atomic E-state index is 13.3. The van der Waals surface area contributed by atoms with E-state index in [2.05, 4.69) is 9.97 Å². The molecular weight excluding hydrogens is 200 g/mol. The van der Waals surface area contributed by atoms with E-state index in [4.69, 9.17) is 5.26 Å². The summed E-state index contributed by atoms with van der Waals surface area (Å²) in [6, 6.07) is 4.83. The van der Waals surface area contributed by atoms with Gasteiger partial charge in [-0.15, -0.1) is 0 Å². The summed E-state index contributed by atoms with van der Waals surface area (Å²) in [5.74, 6) is -1.16. The van der Waals surface area contributed by atoms with Crippen molar-refractivity contribution in [3.8, 4) is 17.3 Å². The maximum Gasteiger partial charge on any atom is 0.166 e. The lowest BCUT2D eigenvalue weighted by atomic mass is 10.1. The number of imidazole rings is 1. The van der Waals surface area contributed by atoms with Crippen LogP contribution in [0.3, 0.4) is 0 Å².